The maximum Gasteiger partial charge on any atom is 0.326 e. The first-order valence-electron chi connectivity index (χ1n) is 7.22. The molecular formula is C15H17N3O4. The van der Waals surface area contributed by atoms with E-state index >= 15 is 0 Å². The van der Waals surface area contributed by atoms with E-state index in [2.05, 4.69) is 10.2 Å². The molecular weight excluding hydrogens is 286 g/mol. The van der Waals surface area contributed by atoms with E-state index in [-0.39, 0.29) is 11.6 Å². The minimum atomic E-state index is -0.967. The number of piperidine rings is 1. The van der Waals surface area contributed by atoms with Crippen molar-refractivity contribution in [2.45, 2.75) is 32.2 Å². The first-order chi connectivity index (χ1) is 10.6. The molecule has 0 spiro atoms. The van der Waals surface area contributed by atoms with Crippen LogP contribution in [0.5, 0.6) is 0 Å². The van der Waals surface area contributed by atoms with Gasteiger partial charge in [0.1, 0.15) is 17.5 Å². The highest BCUT2D eigenvalue weighted by atomic mass is 16.4. The Balaban J connectivity index is 1.83. The molecule has 0 radical (unpaired) electrons. The van der Waals surface area contributed by atoms with Crippen molar-refractivity contribution in [3.8, 4) is 11.5 Å². The highest BCUT2D eigenvalue weighted by molar-refractivity contribution is 5.95. The molecule has 22 heavy (non-hydrogen) atoms. The lowest BCUT2D eigenvalue weighted by atomic mass is 10.0. The van der Waals surface area contributed by atoms with E-state index in [1.165, 1.54) is 4.90 Å². The van der Waals surface area contributed by atoms with Crippen molar-refractivity contribution in [1.29, 1.82) is 0 Å². The summed E-state index contributed by atoms with van der Waals surface area (Å²) in [6, 6.07) is 4.43. The Hall–Kier alpha value is -2.57. The average Bonchev–Trinajstić information content (AvgIpc) is 3.15. The number of rotatable bonds is 3. The number of nitrogens with zero attached hydrogens (tertiary/aromatic N) is 2. The molecule has 1 aliphatic rings. The maximum absolute atomic E-state index is 12.5. The van der Waals surface area contributed by atoms with Crippen LogP contribution in [0.25, 0.3) is 11.5 Å². The van der Waals surface area contributed by atoms with Crippen LogP contribution in [0.3, 0.4) is 0 Å². The number of likely N-dealkylation sites (tertiary alicyclic amines) is 1. The molecule has 2 N–H and O–H groups in total. The van der Waals surface area contributed by atoms with E-state index in [0.717, 1.165) is 18.6 Å². The van der Waals surface area contributed by atoms with Crippen molar-refractivity contribution in [3.63, 3.8) is 0 Å². The van der Waals surface area contributed by atoms with Gasteiger partial charge in [-0.2, -0.15) is 5.10 Å². The Kier molecular flexibility index (Phi) is 3.70. The van der Waals surface area contributed by atoms with Gasteiger partial charge >= 0.3 is 5.97 Å². The number of aryl methyl sites for hydroxylation is 1. The normalized spacial score (nSPS) is 18.4. The number of aromatic nitrogens is 2. The summed E-state index contributed by atoms with van der Waals surface area (Å²) in [4.78, 5) is 25.2. The first kappa shape index (κ1) is 14.4. The number of carbonyl (C=O) groups excluding carboxylic acids is 1. The summed E-state index contributed by atoms with van der Waals surface area (Å²) in [5.41, 5.74) is 0.803. The number of nitrogens with one attached hydrogen (secondary N) is 1. The average molecular weight is 303 g/mol. The second-order valence-corrected chi connectivity index (χ2v) is 5.43. The number of hydrogen-bond donors (Lipinski definition) is 2. The molecule has 2 aromatic heterocycles. The second kappa shape index (κ2) is 5.67. The molecule has 1 aliphatic heterocycles. The van der Waals surface area contributed by atoms with Gasteiger partial charge in [0.05, 0.1) is 0 Å². The number of H-pyrrole nitrogens is 1. The van der Waals surface area contributed by atoms with Crippen molar-refractivity contribution in [2.24, 2.45) is 0 Å². The fraction of sp³-hybridized carbons (Fsp3) is 0.400. The number of aliphatic carboxylic acids is 1. The van der Waals surface area contributed by atoms with Gasteiger partial charge in [-0.3, -0.25) is 9.89 Å². The summed E-state index contributed by atoms with van der Waals surface area (Å²) in [6.45, 7) is 2.27. The van der Waals surface area contributed by atoms with Crippen LogP contribution in [0.4, 0.5) is 0 Å². The van der Waals surface area contributed by atoms with E-state index in [9.17, 15) is 14.7 Å². The summed E-state index contributed by atoms with van der Waals surface area (Å²) >= 11 is 0. The maximum atomic E-state index is 12.5. The van der Waals surface area contributed by atoms with Crippen LogP contribution < -0.4 is 0 Å². The number of carboxylic acid groups (broad SMARTS) is 1. The summed E-state index contributed by atoms with van der Waals surface area (Å²) in [5.74, 6) is 0.0280. The summed E-state index contributed by atoms with van der Waals surface area (Å²) in [6.07, 6.45) is 2.11. The fourth-order valence-corrected chi connectivity index (χ4v) is 2.72. The molecule has 7 nitrogen and oxygen atoms in total. The van der Waals surface area contributed by atoms with E-state index in [1.807, 2.05) is 13.0 Å². The van der Waals surface area contributed by atoms with Gasteiger partial charge in [0, 0.05) is 12.6 Å². The van der Waals surface area contributed by atoms with Gasteiger partial charge in [-0.05, 0) is 38.3 Å². The van der Waals surface area contributed by atoms with E-state index in [1.54, 1.807) is 12.1 Å². The van der Waals surface area contributed by atoms with Gasteiger partial charge in [0.2, 0.25) is 0 Å². The van der Waals surface area contributed by atoms with E-state index in [0.29, 0.717) is 24.4 Å². The zero-order chi connectivity index (χ0) is 15.7. The largest absolute Gasteiger partial charge is 0.480 e. The van der Waals surface area contributed by atoms with Gasteiger partial charge in [0.25, 0.3) is 5.91 Å². The number of aromatic amines is 1. The fourth-order valence-electron chi connectivity index (χ4n) is 2.72. The van der Waals surface area contributed by atoms with Crippen molar-refractivity contribution in [1.82, 2.24) is 15.1 Å². The van der Waals surface area contributed by atoms with Crippen LogP contribution in [0.2, 0.25) is 0 Å². The summed E-state index contributed by atoms with van der Waals surface area (Å²) in [5, 5.41) is 16.0. The molecule has 1 atom stereocenters. The summed E-state index contributed by atoms with van der Waals surface area (Å²) < 4.78 is 5.48. The number of hydrogen-bond acceptors (Lipinski definition) is 4. The molecule has 0 bridgehead atoms. The monoisotopic (exact) mass is 303 g/mol. The minimum absolute atomic E-state index is 0.206. The molecule has 0 saturated carbocycles. The van der Waals surface area contributed by atoms with Crippen molar-refractivity contribution < 1.29 is 19.1 Å². The Bertz CT molecular complexity index is 703. The van der Waals surface area contributed by atoms with Gasteiger partial charge in [-0.15, -0.1) is 0 Å². The van der Waals surface area contributed by atoms with Crippen LogP contribution in [-0.4, -0.2) is 44.7 Å². The lowest BCUT2D eigenvalue weighted by Crippen LogP contribution is -2.48. The highest BCUT2D eigenvalue weighted by Crippen LogP contribution is 2.23. The second-order valence-electron chi connectivity index (χ2n) is 5.43. The molecule has 0 aliphatic carbocycles. The summed E-state index contributed by atoms with van der Waals surface area (Å²) in [7, 11) is 0. The van der Waals surface area contributed by atoms with Crippen LogP contribution >= 0.6 is 0 Å². The molecule has 3 rings (SSSR count). The Morgan fingerprint density at radius 3 is 2.91 bits per heavy atom. The van der Waals surface area contributed by atoms with E-state index in [4.69, 9.17) is 4.42 Å². The molecule has 0 aromatic carbocycles. The Labute approximate surface area is 126 Å². The molecule has 3 heterocycles. The Morgan fingerprint density at radius 2 is 2.23 bits per heavy atom. The number of carboxylic acids is 1. The van der Waals surface area contributed by atoms with Crippen LogP contribution in [0.1, 0.15) is 35.5 Å². The SMILES string of the molecule is Cc1ccc(-c2cc(C(=O)N3CCCC[C@@H]3C(=O)O)n[nH]2)o1. The smallest absolute Gasteiger partial charge is 0.326 e. The molecule has 7 heteroatoms. The number of amides is 1. The number of carbonyl (C=O) groups is 2. The molecule has 1 amide bonds. The van der Waals surface area contributed by atoms with Gasteiger partial charge in [0.15, 0.2) is 11.5 Å². The standard InChI is InChI=1S/C15H17N3O4/c1-9-5-6-13(22-9)10-8-11(17-16-10)14(19)18-7-3-2-4-12(18)15(20)21/h5-6,8,12H,2-4,7H2,1H3,(H,16,17)(H,20,21)/t12-/m1/s1. The van der Waals surface area contributed by atoms with Gasteiger partial charge in [-0.25, -0.2) is 4.79 Å². The van der Waals surface area contributed by atoms with Crippen molar-refractivity contribution >= 4 is 11.9 Å². The highest BCUT2D eigenvalue weighted by Gasteiger charge is 2.33. The molecule has 116 valence electrons. The zero-order valence-electron chi connectivity index (χ0n) is 12.2. The van der Waals surface area contributed by atoms with Crippen molar-refractivity contribution in [2.75, 3.05) is 6.54 Å². The minimum Gasteiger partial charge on any atom is -0.480 e. The lowest BCUT2D eigenvalue weighted by Gasteiger charge is -2.32. The quantitative estimate of drug-likeness (QED) is 0.904. The van der Waals surface area contributed by atoms with E-state index < -0.39 is 12.0 Å². The Morgan fingerprint density at radius 1 is 1.41 bits per heavy atom. The third-order valence-electron chi connectivity index (χ3n) is 3.85. The molecule has 0 unspecified atom stereocenters. The zero-order valence-corrected chi connectivity index (χ0v) is 12.2. The predicted octanol–water partition coefficient (Wildman–Crippen LogP) is 2.06. The van der Waals surface area contributed by atoms with Gasteiger partial charge < -0.3 is 14.4 Å². The third-order valence-corrected chi connectivity index (χ3v) is 3.85. The predicted molar refractivity (Wildman–Crippen MR) is 77.3 cm³/mol. The van der Waals surface area contributed by atoms with Crippen LogP contribution in [0.15, 0.2) is 22.6 Å². The van der Waals surface area contributed by atoms with Gasteiger partial charge in [-0.1, -0.05) is 0 Å². The van der Waals surface area contributed by atoms with Crippen LogP contribution in [-0.2, 0) is 4.79 Å². The first-order valence-corrected chi connectivity index (χ1v) is 7.22. The topological polar surface area (TPSA) is 99.4 Å². The molecule has 1 saturated heterocycles. The third kappa shape index (κ3) is 2.61. The van der Waals surface area contributed by atoms with Crippen molar-refractivity contribution in [3.05, 3.63) is 29.7 Å². The van der Waals surface area contributed by atoms with Crippen LogP contribution in [0, 0.1) is 6.92 Å². The lowest BCUT2D eigenvalue weighted by molar-refractivity contribution is -0.143. The molecule has 2 aromatic rings. The molecule has 1 fully saturated rings. The number of furan rings is 1.